The maximum absolute atomic E-state index is 13.8. The van der Waals surface area contributed by atoms with E-state index in [9.17, 15) is 13.6 Å². The number of halogens is 2. The van der Waals surface area contributed by atoms with E-state index in [0.29, 0.717) is 11.3 Å². The van der Waals surface area contributed by atoms with E-state index in [1.54, 1.807) is 32.2 Å². The Morgan fingerprint density at radius 2 is 1.83 bits per heavy atom. The second-order valence-electron chi connectivity index (χ2n) is 5.25. The number of aliphatic hydroxyl groups is 1. The number of anilines is 1. The van der Waals surface area contributed by atoms with E-state index in [2.05, 4.69) is 5.32 Å². The smallest absolute Gasteiger partial charge is 0.321 e. The Morgan fingerprint density at radius 3 is 2.43 bits per heavy atom. The molecule has 4 nitrogen and oxygen atoms in total. The molecule has 23 heavy (non-hydrogen) atoms. The second-order valence-corrected chi connectivity index (χ2v) is 5.25. The number of carbonyl (C=O) groups is 1. The number of nitrogens with zero attached hydrogens (tertiary/aromatic N) is 1. The lowest BCUT2D eigenvalue weighted by Crippen LogP contribution is -2.40. The molecular weight excluding hydrogens is 302 g/mol. The maximum atomic E-state index is 13.8. The normalized spacial score (nSPS) is 11.9. The van der Waals surface area contributed by atoms with Gasteiger partial charge in [0.1, 0.15) is 11.6 Å². The van der Waals surface area contributed by atoms with E-state index in [4.69, 9.17) is 5.11 Å². The fourth-order valence-electron chi connectivity index (χ4n) is 2.06. The first-order valence-electron chi connectivity index (χ1n) is 7.13. The van der Waals surface area contributed by atoms with E-state index < -0.39 is 17.7 Å². The summed E-state index contributed by atoms with van der Waals surface area (Å²) in [4.78, 5) is 13.4. The van der Waals surface area contributed by atoms with Crippen molar-refractivity contribution in [3.63, 3.8) is 0 Å². The molecule has 0 aliphatic carbocycles. The van der Waals surface area contributed by atoms with Crippen molar-refractivity contribution in [3.8, 4) is 11.1 Å². The summed E-state index contributed by atoms with van der Waals surface area (Å²) in [5.41, 5.74) is 0.601. The lowest BCUT2D eigenvalue weighted by atomic mass is 10.0. The average Bonchev–Trinajstić information content (AvgIpc) is 2.53. The highest BCUT2D eigenvalue weighted by Crippen LogP contribution is 2.28. The van der Waals surface area contributed by atoms with Crippen molar-refractivity contribution >= 4 is 11.7 Å². The quantitative estimate of drug-likeness (QED) is 0.906. The van der Waals surface area contributed by atoms with Crippen molar-refractivity contribution in [3.05, 3.63) is 54.1 Å². The zero-order chi connectivity index (χ0) is 17.0. The highest BCUT2D eigenvalue weighted by molar-refractivity contribution is 5.90. The number of aliphatic hydroxyl groups excluding tert-OH is 1. The molecule has 0 heterocycles. The molecule has 2 N–H and O–H groups in total. The van der Waals surface area contributed by atoms with Crippen molar-refractivity contribution < 1.29 is 18.7 Å². The van der Waals surface area contributed by atoms with E-state index in [0.717, 1.165) is 0 Å². The van der Waals surface area contributed by atoms with Crippen LogP contribution in [-0.2, 0) is 0 Å². The lowest BCUT2D eigenvalue weighted by molar-refractivity contribution is 0.166. The van der Waals surface area contributed by atoms with Crippen molar-refractivity contribution in [1.82, 2.24) is 4.90 Å². The number of nitrogens with one attached hydrogen (secondary N) is 1. The first-order chi connectivity index (χ1) is 10.9. The summed E-state index contributed by atoms with van der Waals surface area (Å²) in [6, 6.07) is 9.18. The summed E-state index contributed by atoms with van der Waals surface area (Å²) in [5.74, 6) is -1.33. The molecule has 2 rings (SSSR count). The van der Waals surface area contributed by atoms with E-state index >= 15 is 0 Å². The van der Waals surface area contributed by atoms with Crippen LogP contribution in [0.5, 0.6) is 0 Å². The third-order valence-corrected chi connectivity index (χ3v) is 3.61. The van der Waals surface area contributed by atoms with E-state index in [-0.39, 0.29) is 18.2 Å². The highest BCUT2D eigenvalue weighted by Gasteiger charge is 2.16. The van der Waals surface area contributed by atoms with Gasteiger partial charge in [-0.15, -0.1) is 0 Å². The fraction of sp³-hybridized carbons (Fsp3) is 0.235. The molecule has 0 spiro atoms. The van der Waals surface area contributed by atoms with Crippen LogP contribution in [-0.4, -0.2) is 35.7 Å². The molecule has 0 saturated carbocycles. The summed E-state index contributed by atoms with van der Waals surface area (Å²) < 4.78 is 27.7. The van der Waals surface area contributed by atoms with Gasteiger partial charge in [-0.1, -0.05) is 18.2 Å². The van der Waals surface area contributed by atoms with Gasteiger partial charge in [-0.25, -0.2) is 13.6 Å². The van der Waals surface area contributed by atoms with Gasteiger partial charge in [-0.2, -0.15) is 0 Å². The van der Waals surface area contributed by atoms with Gasteiger partial charge in [-0.3, -0.25) is 0 Å². The number of likely N-dealkylation sites (N-methyl/N-ethyl adjacent to an activating group) is 1. The van der Waals surface area contributed by atoms with Crippen LogP contribution >= 0.6 is 0 Å². The van der Waals surface area contributed by atoms with Gasteiger partial charge in [0.2, 0.25) is 0 Å². The van der Waals surface area contributed by atoms with Crippen LogP contribution < -0.4 is 5.32 Å². The van der Waals surface area contributed by atoms with Gasteiger partial charge >= 0.3 is 6.03 Å². The molecule has 6 heteroatoms. The minimum atomic E-state index is -0.667. The van der Waals surface area contributed by atoms with Gasteiger partial charge < -0.3 is 15.3 Å². The highest BCUT2D eigenvalue weighted by atomic mass is 19.1. The SMILES string of the molecule is C[C@H](CO)N(C)C(=O)Nc1cccc(-c2c(F)cccc2F)c1. The molecule has 0 aliphatic heterocycles. The number of rotatable bonds is 4. The Labute approximate surface area is 133 Å². The predicted molar refractivity (Wildman–Crippen MR) is 85.1 cm³/mol. The molecule has 0 bridgehead atoms. The van der Waals surface area contributed by atoms with Crippen LogP contribution in [0.1, 0.15) is 6.92 Å². The van der Waals surface area contributed by atoms with Gasteiger partial charge in [0.25, 0.3) is 0 Å². The predicted octanol–water partition coefficient (Wildman–Crippen LogP) is 3.48. The van der Waals surface area contributed by atoms with Crippen molar-refractivity contribution in [2.75, 3.05) is 19.0 Å². The van der Waals surface area contributed by atoms with Crippen LogP contribution in [0.4, 0.5) is 19.3 Å². The fourth-order valence-corrected chi connectivity index (χ4v) is 2.06. The summed E-state index contributed by atoms with van der Waals surface area (Å²) in [5, 5.41) is 11.7. The summed E-state index contributed by atoms with van der Waals surface area (Å²) in [6.45, 7) is 1.54. The minimum Gasteiger partial charge on any atom is -0.394 e. The molecule has 2 aromatic carbocycles. The lowest BCUT2D eigenvalue weighted by Gasteiger charge is -2.23. The van der Waals surface area contributed by atoms with Crippen molar-refractivity contribution in [2.24, 2.45) is 0 Å². The summed E-state index contributed by atoms with van der Waals surface area (Å²) >= 11 is 0. The molecule has 0 fully saturated rings. The first-order valence-corrected chi connectivity index (χ1v) is 7.13. The molecule has 0 unspecified atom stereocenters. The molecule has 0 radical (unpaired) electrons. The number of amides is 2. The van der Waals surface area contributed by atoms with Gasteiger partial charge in [0, 0.05) is 12.7 Å². The maximum Gasteiger partial charge on any atom is 0.321 e. The zero-order valence-electron chi connectivity index (χ0n) is 12.9. The number of benzene rings is 2. The Kier molecular flexibility index (Phi) is 5.28. The Morgan fingerprint density at radius 1 is 1.22 bits per heavy atom. The van der Waals surface area contributed by atoms with Gasteiger partial charge in [0.05, 0.1) is 18.2 Å². The molecule has 0 saturated heterocycles. The van der Waals surface area contributed by atoms with Crippen molar-refractivity contribution in [1.29, 1.82) is 0 Å². The van der Waals surface area contributed by atoms with Gasteiger partial charge in [-0.05, 0) is 36.8 Å². The molecule has 0 aliphatic rings. The zero-order valence-corrected chi connectivity index (χ0v) is 12.9. The van der Waals surface area contributed by atoms with E-state index in [1.165, 1.54) is 29.2 Å². The Bertz CT molecular complexity index is 686. The first kappa shape index (κ1) is 16.9. The second kappa shape index (κ2) is 7.19. The van der Waals surface area contributed by atoms with Crippen LogP contribution in [0.15, 0.2) is 42.5 Å². The molecule has 122 valence electrons. The minimum absolute atomic E-state index is 0.138. The number of urea groups is 1. The third-order valence-electron chi connectivity index (χ3n) is 3.61. The molecular formula is C17H18F2N2O2. The monoisotopic (exact) mass is 320 g/mol. The van der Waals surface area contributed by atoms with Gasteiger partial charge in [0.15, 0.2) is 0 Å². The molecule has 2 aromatic rings. The molecule has 1 atom stereocenters. The largest absolute Gasteiger partial charge is 0.394 e. The van der Waals surface area contributed by atoms with Crippen LogP contribution in [0.2, 0.25) is 0 Å². The van der Waals surface area contributed by atoms with Crippen LogP contribution in [0, 0.1) is 11.6 Å². The molecule has 0 aromatic heterocycles. The number of carbonyl (C=O) groups excluding carboxylic acids is 1. The molecule has 2 amide bonds. The number of hydrogen-bond donors (Lipinski definition) is 2. The summed E-state index contributed by atoms with van der Waals surface area (Å²) in [6.07, 6.45) is 0. The standard InChI is InChI=1S/C17H18F2N2O2/c1-11(10-22)21(2)17(23)20-13-6-3-5-12(9-13)16-14(18)7-4-8-15(16)19/h3-9,11,22H,10H2,1-2H3,(H,20,23)/t11-/m1/s1. The van der Waals surface area contributed by atoms with Crippen LogP contribution in [0.3, 0.4) is 0 Å². The van der Waals surface area contributed by atoms with E-state index in [1.807, 2.05) is 0 Å². The Balaban J connectivity index is 2.26. The van der Waals surface area contributed by atoms with Crippen molar-refractivity contribution in [2.45, 2.75) is 13.0 Å². The summed E-state index contributed by atoms with van der Waals surface area (Å²) in [7, 11) is 1.55. The third kappa shape index (κ3) is 3.84. The average molecular weight is 320 g/mol. The Hall–Kier alpha value is -2.47. The number of hydrogen-bond acceptors (Lipinski definition) is 2. The van der Waals surface area contributed by atoms with Crippen LogP contribution in [0.25, 0.3) is 11.1 Å². The topological polar surface area (TPSA) is 52.6 Å².